The molecule has 0 aromatic heterocycles. The van der Waals surface area contributed by atoms with Crippen LogP contribution in [0.3, 0.4) is 0 Å². The first-order chi connectivity index (χ1) is 16.2. The minimum atomic E-state index is 0.479. The van der Waals surface area contributed by atoms with E-state index in [1.165, 1.54) is 16.3 Å². The Labute approximate surface area is 196 Å². The van der Waals surface area contributed by atoms with Crippen molar-refractivity contribution in [3.8, 4) is 11.5 Å². The molecule has 0 atom stereocenters. The van der Waals surface area contributed by atoms with E-state index in [0.29, 0.717) is 26.2 Å². The topological polar surface area (TPSA) is 30.5 Å². The number of rotatable bonds is 10. The predicted molar refractivity (Wildman–Crippen MR) is 138 cm³/mol. The summed E-state index contributed by atoms with van der Waals surface area (Å²) in [7, 11) is 0. The van der Waals surface area contributed by atoms with Gasteiger partial charge in [0.15, 0.2) is 11.5 Å². The zero-order chi connectivity index (χ0) is 23.0. The van der Waals surface area contributed by atoms with E-state index in [9.17, 15) is 0 Å². The standard InChI is InChI=1S/C30H31NO2/c1-4-11-25-18-23(20-31-28-17-9-6-12-22(28)3)19-29(32-5-2)30(25)33-21-26-15-10-14-24-13-7-8-16-27(24)26/h4,6-10,12-19,31H,1,5,11,20-21H2,2-3H3. The number of aryl methyl sites for hydroxylation is 1. The van der Waals surface area contributed by atoms with Gasteiger partial charge in [-0.05, 0) is 65.9 Å². The Bertz CT molecular complexity index is 1240. The number of fused-ring (bicyclic) bond motifs is 1. The van der Waals surface area contributed by atoms with Gasteiger partial charge < -0.3 is 14.8 Å². The maximum absolute atomic E-state index is 6.41. The van der Waals surface area contributed by atoms with E-state index >= 15 is 0 Å². The molecule has 0 aliphatic heterocycles. The second-order valence-electron chi connectivity index (χ2n) is 8.10. The van der Waals surface area contributed by atoms with Crippen LogP contribution >= 0.6 is 0 Å². The molecule has 0 saturated heterocycles. The van der Waals surface area contributed by atoms with Crippen molar-refractivity contribution < 1.29 is 9.47 Å². The van der Waals surface area contributed by atoms with Gasteiger partial charge in [0.2, 0.25) is 0 Å². The molecule has 3 heteroatoms. The third-order valence-electron chi connectivity index (χ3n) is 5.74. The maximum Gasteiger partial charge on any atom is 0.165 e. The van der Waals surface area contributed by atoms with Crippen molar-refractivity contribution in [3.05, 3.63) is 114 Å². The molecule has 1 N–H and O–H groups in total. The van der Waals surface area contributed by atoms with Crippen molar-refractivity contribution in [3.63, 3.8) is 0 Å². The van der Waals surface area contributed by atoms with Crippen LogP contribution in [0.2, 0.25) is 0 Å². The molecule has 4 rings (SSSR count). The molecule has 0 heterocycles. The fraction of sp³-hybridized carbons (Fsp3) is 0.200. The number of ether oxygens (including phenoxy) is 2. The van der Waals surface area contributed by atoms with Crippen LogP contribution in [0.4, 0.5) is 5.69 Å². The first kappa shape index (κ1) is 22.5. The molecule has 168 valence electrons. The molecule has 4 aromatic rings. The monoisotopic (exact) mass is 437 g/mol. The van der Waals surface area contributed by atoms with Crippen LogP contribution in [0, 0.1) is 6.92 Å². The summed E-state index contributed by atoms with van der Waals surface area (Å²) >= 11 is 0. The van der Waals surface area contributed by atoms with Gasteiger partial charge in [0.05, 0.1) is 6.61 Å². The SMILES string of the molecule is C=CCc1cc(CNc2ccccc2C)cc(OCC)c1OCc1cccc2ccccc12. The summed E-state index contributed by atoms with van der Waals surface area (Å²) in [6.07, 6.45) is 2.62. The van der Waals surface area contributed by atoms with E-state index in [1.807, 2.05) is 19.1 Å². The molecule has 0 radical (unpaired) electrons. The highest BCUT2D eigenvalue weighted by Gasteiger charge is 2.14. The van der Waals surface area contributed by atoms with Crippen molar-refractivity contribution in [1.82, 2.24) is 0 Å². The van der Waals surface area contributed by atoms with Gasteiger partial charge in [-0.15, -0.1) is 6.58 Å². The summed E-state index contributed by atoms with van der Waals surface area (Å²) in [4.78, 5) is 0. The summed E-state index contributed by atoms with van der Waals surface area (Å²) < 4.78 is 12.4. The smallest absolute Gasteiger partial charge is 0.165 e. The molecule has 0 unspecified atom stereocenters. The fourth-order valence-electron chi connectivity index (χ4n) is 4.10. The molecule has 0 aliphatic rings. The third-order valence-corrected chi connectivity index (χ3v) is 5.74. The van der Waals surface area contributed by atoms with E-state index in [-0.39, 0.29) is 0 Å². The summed E-state index contributed by atoms with van der Waals surface area (Å²) in [6.45, 7) is 9.83. The van der Waals surface area contributed by atoms with Crippen molar-refractivity contribution in [2.45, 2.75) is 33.4 Å². The van der Waals surface area contributed by atoms with E-state index < -0.39 is 0 Å². The molecule has 0 fully saturated rings. The van der Waals surface area contributed by atoms with Crippen molar-refractivity contribution in [1.29, 1.82) is 0 Å². The molecule has 0 amide bonds. The van der Waals surface area contributed by atoms with Gasteiger partial charge in [-0.25, -0.2) is 0 Å². The van der Waals surface area contributed by atoms with Gasteiger partial charge in [-0.2, -0.15) is 0 Å². The number of nitrogens with one attached hydrogen (secondary N) is 1. The Morgan fingerprint density at radius 3 is 2.48 bits per heavy atom. The van der Waals surface area contributed by atoms with E-state index in [1.54, 1.807) is 0 Å². The van der Waals surface area contributed by atoms with Crippen molar-refractivity contribution in [2.24, 2.45) is 0 Å². The lowest BCUT2D eigenvalue weighted by Crippen LogP contribution is -2.06. The van der Waals surface area contributed by atoms with Gasteiger partial charge in [0, 0.05) is 17.8 Å². The van der Waals surface area contributed by atoms with Gasteiger partial charge in [-0.1, -0.05) is 66.7 Å². The highest BCUT2D eigenvalue weighted by Crippen LogP contribution is 2.35. The van der Waals surface area contributed by atoms with Crippen LogP contribution in [0.25, 0.3) is 10.8 Å². The van der Waals surface area contributed by atoms with Crippen LogP contribution in [-0.2, 0) is 19.6 Å². The van der Waals surface area contributed by atoms with Gasteiger partial charge >= 0.3 is 0 Å². The number of hydrogen-bond acceptors (Lipinski definition) is 3. The largest absolute Gasteiger partial charge is 0.490 e. The number of allylic oxidation sites excluding steroid dienone is 1. The Morgan fingerprint density at radius 2 is 1.67 bits per heavy atom. The quantitative estimate of drug-likeness (QED) is 0.261. The first-order valence-electron chi connectivity index (χ1n) is 11.5. The third kappa shape index (κ3) is 5.38. The molecular formula is C30H31NO2. The average Bonchev–Trinajstić information content (AvgIpc) is 2.83. The zero-order valence-electron chi connectivity index (χ0n) is 19.4. The lowest BCUT2D eigenvalue weighted by molar-refractivity contribution is 0.267. The van der Waals surface area contributed by atoms with Crippen molar-refractivity contribution >= 4 is 16.5 Å². The normalized spacial score (nSPS) is 10.7. The van der Waals surface area contributed by atoms with Crippen LogP contribution in [-0.4, -0.2) is 6.61 Å². The summed E-state index contributed by atoms with van der Waals surface area (Å²) in [5, 5.41) is 5.97. The highest BCUT2D eigenvalue weighted by molar-refractivity contribution is 5.85. The van der Waals surface area contributed by atoms with Gasteiger partial charge in [0.25, 0.3) is 0 Å². The molecule has 0 saturated carbocycles. The number of hydrogen-bond donors (Lipinski definition) is 1. The Morgan fingerprint density at radius 1 is 0.879 bits per heavy atom. The molecule has 0 aliphatic carbocycles. The molecular weight excluding hydrogens is 406 g/mol. The molecule has 0 spiro atoms. The van der Waals surface area contributed by atoms with Crippen molar-refractivity contribution in [2.75, 3.05) is 11.9 Å². The highest BCUT2D eigenvalue weighted by atomic mass is 16.5. The second-order valence-corrected chi connectivity index (χ2v) is 8.10. The number of benzene rings is 4. The fourth-order valence-corrected chi connectivity index (χ4v) is 4.10. The van der Waals surface area contributed by atoms with Gasteiger partial charge in [-0.3, -0.25) is 0 Å². The van der Waals surface area contributed by atoms with Crippen LogP contribution in [0.5, 0.6) is 11.5 Å². The number of para-hydroxylation sites is 1. The van der Waals surface area contributed by atoms with Gasteiger partial charge in [0.1, 0.15) is 6.61 Å². The zero-order valence-corrected chi connectivity index (χ0v) is 19.4. The first-order valence-corrected chi connectivity index (χ1v) is 11.5. The van der Waals surface area contributed by atoms with Crippen LogP contribution in [0.1, 0.15) is 29.2 Å². The average molecular weight is 438 g/mol. The Hall–Kier alpha value is -3.72. The maximum atomic E-state index is 6.41. The minimum absolute atomic E-state index is 0.479. The minimum Gasteiger partial charge on any atom is -0.490 e. The Kier molecular flexibility index (Phi) is 7.31. The molecule has 33 heavy (non-hydrogen) atoms. The van der Waals surface area contributed by atoms with E-state index in [2.05, 4.69) is 91.6 Å². The lowest BCUT2D eigenvalue weighted by Gasteiger charge is -2.19. The van der Waals surface area contributed by atoms with Crippen LogP contribution < -0.4 is 14.8 Å². The lowest BCUT2D eigenvalue weighted by atomic mass is 10.0. The van der Waals surface area contributed by atoms with Crippen LogP contribution in [0.15, 0.2) is 91.5 Å². The summed E-state index contributed by atoms with van der Waals surface area (Å²) in [5.41, 5.74) is 5.75. The molecule has 4 aromatic carbocycles. The number of anilines is 1. The summed E-state index contributed by atoms with van der Waals surface area (Å²) in [6, 6.07) is 27.3. The molecule has 0 bridgehead atoms. The Balaban J connectivity index is 1.61. The molecule has 3 nitrogen and oxygen atoms in total. The van der Waals surface area contributed by atoms with E-state index in [4.69, 9.17) is 9.47 Å². The predicted octanol–water partition coefficient (Wildman–Crippen LogP) is 7.47. The summed E-state index contributed by atoms with van der Waals surface area (Å²) in [5.74, 6) is 1.57. The van der Waals surface area contributed by atoms with E-state index in [0.717, 1.165) is 33.9 Å². The second kappa shape index (κ2) is 10.7.